The minimum Gasteiger partial charge on any atom is -0.225 e. The van der Waals surface area contributed by atoms with Crippen molar-refractivity contribution in [3.63, 3.8) is 0 Å². The summed E-state index contributed by atoms with van der Waals surface area (Å²) in [5.74, 6) is 1.46. The molecule has 4 aromatic rings. The van der Waals surface area contributed by atoms with Crippen LogP contribution in [0.2, 0.25) is 0 Å². The van der Waals surface area contributed by atoms with Crippen LogP contribution in [-0.2, 0) is 0 Å². The van der Waals surface area contributed by atoms with Gasteiger partial charge in [-0.3, -0.25) is 0 Å². The average Bonchev–Trinajstić information content (AvgIpc) is 2.70. The zero-order valence-corrected chi connectivity index (χ0v) is 12.4. The van der Waals surface area contributed by atoms with E-state index >= 15 is 0 Å². The van der Waals surface area contributed by atoms with E-state index in [1.54, 1.807) is 6.07 Å². The first-order chi connectivity index (χ1) is 11.9. The number of hydrogen-bond acceptors (Lipinski definition) is 8. The molecule has 0 amide bonds. The normalized spacial score (nSPS) is 10.5. The van der Waals surface area contributed by atoms with E-state index < -0.39 is 0 Å². The molecule has 0 aliphatic heterocycles. The Kier molecular flexibility index (Phi) is 3.61. The molecule has 0 aliphatic carbocycles. The van der Waals surface area contributed by atoms with E-state index in [9.17, 15) is 0 Å². The molecule has 0 saturated carbocycles. The Morgan fingerprint density at radius 1 is 0.542 bits per heavy atom. The van der Waals surface area contributed by atoms with Crippen molar-refractivity contribution in [1.29, 1.82) is 0 Å². The van der Waals surface area contributed by atoms with Gasteiger partial charge in [0.05, 0.1) is 0 Å². The largest absolute Gasteiger partial charge is 0.225 e. The highest BCUT2D eigenvalue weighted by Crippen LogP contribution is 2.23. The molecule has 8 nitrogen and oxygen atoms in total. The summed E-state index contributed by atoms with van der Waals surface area (Å²) in [6, 6.07) is 11.4. The van der Waals surface area contributed by atoms with Gasteiger partial charge in [0.2, 0.25) is 0 Å². The molecule has 3 aromatic heterocycles. The monoisotopic (exact) mass is 314 g/mol. The smallest absolute Gasteiger partial charge is 0.181 e. The second-order valence-corrected chi connectivity index (χ2v) is 4.75. The lowest BCUT2D eigenvalue weighted by atomic mass is 10.2. The van der Waals surface area contributed by atoms with E-state index in [-0.39, 0.29) is 0 Å². The number of aromatic nitrogens is 8. The van der Waals surface area contributed by atoms with Gasteiger partial charge in [-0.15, -0.1) is 0 Å². The molecule has 0 fully saturated rings. The summed E-state index contributed by atoms with van der Waals surface area (Å²) in [5, 5.41) is 0. The lowest BCUT2D eigenvalue weighted by molar-refractivity contribution is 1.02. The van der Waals surface area contributed by atoms with Crippen molar-refractivity contribution < 1.29 is 0 Å². The minimum absolute atomic E-state index is 0.458. The second-order valence-electron chi connectivity index (χ2n) is 4.75. The molecule has 24 heavy (non-hydrogen) atoms. The van der Waals surface area contributed by atoms with Crippen LogP contribution in [0.3, 0.4) is 0 Å². The van der Waals surface area contributed by atoms with Crippen LogP contribution in [0.15, 0.2) is 61.7 Å². The fraction of sp³-hybridized carbons (Fsp3) is 0. The summed E-state index contributed by atoms with van der Waals surface area (Å²) in [7, 11) is 0. The molecule has 0 saturated heterocycles. The van der Waals surface area contributed by atoms with Gasteiger partial charge in [-0.05, 0) is 6.07 Å². The van der Waals surface area contributed by atoms with Crippen molar-refractivity contribution in [2.75, 3.05) is 0 Å². The molecule has 8 heteroatoms. The molecule has 3 heterocycles. The van der Waals surface area contributed by atoms with Crippen molar-refractivity contribution in [2.24, 2.45) is 0 Å². The molecule has 0 radical (unpaired) electrons. The van der Waals surface area contributed by atoms with Gasteiger partial charge in [0, 0.05) is 5.56 Å². The molecule has 0 N–H and O–H groups in total. The van der Waals surface area contributed by atoms with Gasteiger partial charge in [-0.1, -0.05) is 30.3 Å². The van der Waals surface area contributed by atoms with Gasteiger partial charge in [0.15, 0.2) is 17.5 Å². The van der Waals surface area contributed by atoms with Crippen molar-refractivity contribution in [1.82, 2.24) is 39.9 Å². The Bertz CT molecular complexity index is 806. The van der Waals surface area contributed by atoms with E-state index in [1.165, 1.54) is 25.3 Å². The quantitative estimate of drug-likeness (QED) is 0.564. The lowest BCUT2D eigenvalue weighted by Crippen LogP contribution is -2.00. The molecule has 0 spiro atoms. The van der Waals surface area contributed by atoms with E-state index in [0.717, 1.165) is 5.56 Å². The van der Waals surface area contributed by atoms with E-state index in [1.807, 2.05) is 30.3 Å². The van der Waals surface area contributed by atoms with Gasteiger partial charge >= 0.3 is 0 Å². The van der Waals surface area contributed by atoms with Gasteiger partial charge in [-0.2, -0.15) is 0 Å². The maximum Gasteiger partial charge on any atom is 0.181 e. The van der Waals surface area contributed by atoms with Crippen molar-refractivity contribution in [2.45, 2.75) is 0 Å². The summed E-state index contributed by atoms with van der Waals surface area (Å²) in [6.07, 6.45) is 5.70. The predicted molar refractivity (Wildman–Crippen MR) is 85.1 cm³/mol. The molecular weight excluding hydrogens is 304 g/mol. The van der Waals surface area contributed by atoms with Crippen molar-refractivity contribution in [3.8, 4) is 34.4 Å². The maximum absolute atomic E-state index is 4.56. The van der Waals surface area contributed by atoms with Crippen LogP contribution >= 0.6 is 0 Å². The van der Waals surface area contributed by atoms with Gasteiger partial charge in [-0.25, -0.2) is 39.9 Å². The Morgan fingerprint density at radius 3 is 1.54 bits per heavy atom. The van der Waals surface area contributed by atoms with Crippen LogP contribution in [0.4, 0.5) is 0 Å². The summed E-state index contributed by atoms with van der Waals surface area (Å²) in [4.78, 5) is 33.4. The molecule has 114 valence electrons. The molecule has 4 rings (SSSR count). The Balaban J connectivity index is 1.92. The van der Waals surface area contributed by atoms with Crippen LogP contribution < -0.4 is 0 Å². The first-order valence-electron chi connectivity index (χ1n) is 7.09. The highest BCUT2D eigenvalue weighted by molar-refractivity contribution is 5.65. The minimum atomic E-state index is 0.458. The number of benzene rings is 1. The summed E-state index contributed by atoms with van der Waals surface area (Å²) < 4.78 is 0. The Hall–Kier alpha value is -3.68. The third-order valence-corrected chi connectivity index (χ3v) is 3.20. The zero-order valence-electron chi connectivity index (χ0n) is 12.4. The van der Waals surface area contributed by atoms with Crippen LogP contribution in [0.5, 0.6) is 0 Å². The molecule has 0 bridgehead atoms. The number of nitrogens with zero attached hydrogens (tertiary/aromatic N) is 8. The number of rotatable bonds is 3. The highest BCUT2D eigenvalue weighted by Gasteiger charge is 2.13. The third kappa shape index (κ3) is 2.80. The van der Waals surface area contributed by atoms with E-state index in [4.69, 9.17) is 0 Å². The molecule has 1 aromatic carbocycles. The van der Waals surface area contributed by atoms with E-state index in [0.29, 0.717) is 28.9 Å². The second kappa shape index (κ2) is 6.21. The standard InChI is InChI=1S/C16H10N8/c1-2-4-11(5-3-1)14-23-12(15-19-7-17-8-20-15)6-13(24-14)16-21-9-18-10-22-16/h1-10H. The SMILES string of the molecule is c1ccc(-c2nc(-c3ncncn3)cc(-c3ncncn3)n2)cc1. The summed E-state index contributed by atoms with van der Waals surface area (Å²) >= 11 is 0. The van der Waals surface area contributed by atoms with Crippen LogP contribution in [-0.4, -0.2) is 39.9 Å². The Morgan fingerprint density at radius 2 is 1.04 bits per heavy atom. The van der Waals surface area contributed by atoms with E-state index in [2.05, 4.69) is 39.9 Å². The first-order valence-corrected chi connectivity index (χ1v) is 7.09. The van der Waals surface area contributed by atoms with Gasteiger partial charge in [0.25, 0.3) is 0 Å². The zero-order chi connectivity index (χ0) is 16.2. The van der Waals surface area contributed by atoms with Crippen molar-refractivity contribution in [3.05, 3.63) is 61.7 Å². The lowest BCUT2D eigenvalue weighted by Gasteiger charge is -2.06. The van der Waals surface area contributed by atoms with Crippen LogP contribution in [0, 0.1) is 0 Å². The number of hydrogen-bond donors (Lipinski definition) is 0. The summed E-state index contributed by atoms with van der Waals surface area (Å²) in [6.45, 7) is 0. The molecular formula is C16H10N8. The van der Waals surface area contributed by atoms with Crippen molar-refractivity contribution >= 4 is 0 Å². The third-order valence-electron chi connectivity index (χ3n) is 3.20. The average molecular weight is 314 g/mol. The Labute approximate surface area is 136 Å². The fourth-order valence-electron chi connectivity index (χ4n) is 2.14. The van der Waals surface area contributed by atoms with Gasteiger partial charge < -0.3 is 0 Å². The highest BCUT2D eigenvalue weighted by atomic mass is 15.0. The molecule has 0 atom stereocenters. The molecule has 0 unspecified atom stereocenters. The molecule has 0 aliphatic rings. The fourth-order valence-corrected chi connectivity index (χ4v) is 2.14. The first kappa shape index (κ1) is 13.9. The van der Waals surface area contributed by atoms with Crippen LogP contribution in [0.25, 0.3) is 34.4 Å². The van der Waals surface area contributed by atoms with Crippen LogP contribution in [0.1, 0.15) is 0 Å². The maximum atomic E-state index is 4.56. The summed E-state index contributed by atoms with van der Waals surface area (Å²) in [5.41, 5.74) is 2.02. The predicted octanol–water partition coefficient (Wildman–Crippen LogP) is 1.85. The van der Waals surface area contributed by atoms with Gasteiger partial charge in [0.1, 0.15) is 36.7 Å². The topological polar surface area (TPSA) is 103 Å².